The molecule has 18 heavy (non-hydrogen) atoms. The molecule has 0 aromatic heterocycles. The Hall–Kier alpha value is -1.02. The Morgan fingerprint density at radius 3 is 2.78 bits per heavy atom. The van der Waals surface area contributed by atoms with E-state index in [1.54, 1.807) is 0 Å². The Balaban J connectivity index is 2.08. The van der Waals surface area contributed by atoms with Crippen molar-refractivity contribution in [1.82, 2.24) is 5.32 Å². The molecule has 2 atom stereocenters. The molecule has 0 amide bonds. The van der Waals surface area contributed by atoms with Crippen molar-refractivity contribution in [1.29, 1.82) is 0 Å². The van der Waals surface area contributed by atoms with Gasteiger partial charge in [-0.25, -0.2) is 0 Å². The first-order valence-corrected chi connectivity index (χ1v) is 7.09. The summed E-state index contributed by atoms with van der Waals surface area (Å²) in [7, 11) is 2.03. The molecule has 2 heteroatoms. The van der Waals surface area contributed by atoms with Crippen LogP contribution in [-0.2, 0) is 0 Å². The van der Waals surface area contributed by atoms with Gasteiger partial charge in [-0.15, -0.1) is 0 Å². The maximum atomic E-state index is 6.29. The zero-order valence-electron chi connectivity index (χ0n) is 11.8. The van der Waals surface area contributed by atoms with Crippen LogP contribution >= 0.6 is 0 Å². The van der Waals surface area contributed by atoms with Gasteiger partial charge in [0.15, 0.2) is 0 Å². The second kappa shape index (κ2) is 6.24. The van der Waals surface area contributed by atoms with Gasteiger partial charge in [-0.1, -0.05) is 18.6 Å². The molecule has 0 spiro atoms. The summed E-state index contributed by atoms with van der Waals surface area (Å²) in [6.07, 6.45) is 5.51. The van der Waals surface area contributed by atoms with E-state index in [4.69, 9.17) is 4.74 Å². The van der Waals surface area contributed by atoms with Gasteiger partial charge in [0.25, 0.3) is 0 Å². The van der Waals surface area contributed by atoms with Crippen molar-refractivity contribution in [3.8, 4) is 5.75 Å². The molecule has 0 bridgehead atoms. The largest absolute Gasteiger partial charge is 0.490 e. The van der Waals surface area contributed by atoms with E-state index in [2.05, 4.69) is 37.4 Å². The minimum atomic E-state index is 0.381. The highest BCUT2D eigenvalue weighted by Gasteiger charge is 2.26. The Morgan fingerprint density at radius 1 is 1.22 bits per heavy atom. The van der Waals surface area contributed by atoms with E-state index in [-0.39, 0.29) is 0 Å². The molecule has 0 heterocycles. The Labute approximate surface area is 111 Å². The molecule has 0 saturated heterocycles. The third-order valence-electron chi connectivity index (χ3n) is 3.93. The van der Waals surface area contributed by atoms with Gasteiger partial charge in [-0.05, 0) is 57.4 Å². The maximum absolute atomic E-state index is 6.29. The van der Waals surface area contributed by atoms with E-state index in [9.17, 15) is 0 Å². The minimum absolute atomic E-state index is 0.381. The Morgan fingerprint density at radius 2 is 2.00 bits per heavy atom. The van der Waals surface area contributed by atoms with Crippen LogP contribution < -0.4 is 10.1 Å². The lowest BCUT2D eigenvalue weighted by Gasteiger charge is -2.32. The Kier molecular flexibility index (Phi) is 4.65. The molecule has 0 aliphatic heterocycles. The summed E-state index contributed by atoms with van der Waals surface area (Å²) in [5.74, 6) is 1.73. The minimum Gasteiger partial charge on any atom is -0.490 e. The van der Waals surface area contributed by atoms with Crippen molar-refractivity contribution < 1.29 is 4.74 Å². The number of rotatable bonds is 4. The van der Waals surface area contributed by atoms with Crippen LogP contribution in [0.3, 0.4) is 0 Å². The molecule has 1 aliphatic carbocycles. The van der Waals surface area contributed by atoms with Crippen LogP contribution in [0, 0.1) is 19.8 Å². The highest BCUT2D eigenvalue weighted by molar-refractivity contribution is 5.36. The van der Waals surface area contributed by atoms with Gasteiger partial charge in [-0.2, -0.15) is 0 Å². The fourth-order valence-corrected chi connectivity index (χ4v) is 2.82. The summed E-state index contributed by atoms with van der Waals surface area (Å²) in [6, 6.07) is 6.47. The maximum Gasteiger partial charge on any atom is 0.122 e. The lowest BCUT2D eigenvalue weighted by molar-refractivity contribution is 0.0924. The normalized spacial score (nSPS) is 23.9. The van der Waals surface area contributed by atoms with Crippen molar-refractivity contribution in [2.24, 2.45) is 5.92 Å². The standard InChI is InChI=1S/C16H25NO/c1-12-8-9-13(2)16(10-12)18-15-7-5-4-6-14(15)11-17-3/h8-10,14-15,17H,4-7,11H2,1-3H3. The first-order valence-electron chi connectivity index (χ1n) is 7.09. The summed E-state index contributed by atoms with van der Waals surface area (Å²) in [5.41, 5.74) is 2.52. The zero-order valence-corrected chi connectivity index (χ0v) is 11.8. The van der Waals surface area contributed by atoms with E-state index in [1.165, 1.54) is 36.8 Å². The van der Waals surface area contributed by atoms with Crippen LogP contribution in [0.4, 0.5) is 0 Å². The molecule has 2 unspecified atom stereocenters. The van der Waals surface area contributed by atoms with Gasteiger partial charge in [0.1, 0.15) is 11.9 Å². The van der Waals surface area contributed by atoms with Gasteiger partial charge >= 0.3 is 0 Å². The molecule has 1 fully saturated rings. The van der Waals surface area contributed by atoms with E-state index >= 15 is 0 Å². The van der Waals surface area contributed by atoms with Crippen molar-refractivity contribution in [2.45, 2.75) is 45.6 Å². The van der Waals surface area contributed by atoms with Crippen molar-refractivity contribution in [3.63, 3.8) is 0 Å². The highest BCUT2D eigenvalue weighted by atomic mass is 16.5. The molecule has 1 N–H and O–H groups in total. The molecular weight excluding hydrogens is 222 g/mol. The van der Waals surface area contributed by atoms with E-state index in [0.29, 0.717) is 12.0 Å². The van der Waals surface area contributed by atoms with Gasteiger partial charge in [0.05, 0.1) is 0 Å². The second-order valence-corrected chi connectivity index (χ2v) is 5.53. The van der Waals surface area contributed by atoms with Crippen molar-refractivity contribution in [2.75, 3.05) is 13.6 Å². The third kappa shape index (κ3) is 3.26. The van der Waals surface area contributed by atoms with E-state index in [1.807, 2.05) is 7.05 Å². The number of benzene rings is 1. The van der Waals surface area contributed by atoms with Gasteiger partial charge in [0, 0.05) is 12.5 Å². The number of hydrogen-bond acceptors (Lipinski definition) is 2. The summed E-state index contributed by atoms with van der Waals surface area (Å²) in [6.45, 7) is 5.32. The number of aryl methyl sites for hydroxylation is 2. The molecule has 2 rings (SSSR count). The molecule has 0 radical (unpaired) electrons. The van der Waals surface area contributed by atoms with Gasteiger partial charge in [0.2, 0.25) is 0 Å². The monoisotopic (exact) mass is 247 g/mol. The predicted octanol–water partition coefficient (Wildman–Crippen LogP) is 3.46. The fourth-order valence-electron chi connectivity index (χ4n) is 2.82. The van der Waals surface area contributed by atoms with Crippen LogP contribution in [0.1, 0.15) is 36.8 Å². The van der Waals surface area contributed by atoms with Gasteiger partial charge in [-0.3, -0.25) is 0 Å². The van der Waals surface area contributed by atoms with E-state index < -0.39 is 0 Å². The quantitative estimate of drug-likeness (QED) is 0.879. The molecule has 1 aromatic carbocycles. The van der Waals surface area contributed by atoms with Gasteiger partial charge < -0.3 is 10.1 Å². The molecule has 1 saturated carbocycles. The van der Waals surface area contributed by atoms with Crippen LogP contribution in [0.2, 0.25) is 0 Å². The first kappa shape index (κ1) is 13.4. The molecule has 2 nitrogen and oxygen atoms in total. The topological polar surface area (TPSA) is 21.3 Å². The first-order chi connectivity index (χ1) is 8.70. The summed E-state index contributed by atoms with van der Waals surface area (Å²) < 4.78 is 6.29. The van der Waals surface area contributed by atoms with Crippen molar-refractivity contribution >= 4 is 0 Å². The summed E-state index contributed by atoms with van der Waals surface area (Å²) >= 11 is 0. The molecule has 1 aliphatic rings. The average Bonchev–Trinajstić information content (AvgIpc) is 2.36. The number of ether oxygens (including phenoxy) is 1. The highest BCUT2D eigenvalue weighted by Crippen LogP contribution is 2.30. The molecule has 100 valence electrons. The fraction of sp³-hybridized carbons (Fsp3) is 0.625. The SMILES string of the molecule is CNCC1CCCCC1Oc1cc(C)ccc1C. The average molecular weight is 247 g/mol. The Bertz CT molecular complexity index is 387. The molecule has 1 aromatic rings. The lowest BCUT2D eigenvalue weighted by Crippen LogP contribution is -2.36. The van der Waals surface area contributed by atoms with Crippen LogP contribution in [0.15, 0.2) is 18.2 Å². The summed E-state index contributed by atoms with van der Waals surface area (Å²) in [5, 5.41) is 3.30. The second-order valence-electron chi connectivity index (χ2n) is 5.53. The smallest absolute Gasteiger partial charge is 0.122 e. The van der Waals surface area contributed by atoms with Crippen molar-refractivity contribution in [3.05, 3.63) is 29.3 Å². The number of nitrogens with one attached hydrogen (secondary N) is 1. The predicted molar refractivity (Wildman–Crippen MR) is 76.2 cm³/mol. The lowest BCUT2D eigenvalue weighted by atomic mass is 9.86. The molecular formula is C16H25NO. The van der Waals surface area contributed by atoms with Crippen LogP contribution in [0.25, 0.3) is 0 Å². The zero-order chi connectivity index (χ0) is 13.0. The van der Waals surface area contributed by atoms with E-state index in [0.717, 1.165) is 12.3 Å². The van der Waals surface area contributed by atoms with Crippen LogP contribution in [0.5, 0.6) is 5.75 Å². The number of hydrogen-bond donors (Lipinski definition) is 1. The third-order valence-corrected chi connectivity index (χ3v) is 3.93. The summed E-state index contributed by atoms with van der Waals surface area (Å²) in [4.78, 5) is 0. The van der Waals surface area contributed by atoms with Crippen LogP contribution in [-0.4, -0.2) is 19.7 Å².